The Morgan fingerprint density at radius 1 is 0.917 bits per heavy atom. The smallest absolute Gasteiger partial charge is 0.315 e. The second-order valence-corrected chi connectivity index (χ2v) is 5.32. The van der Waals surface area contributed by atoms with Crippen molar-refractivity contribution < 1.29 is 14.3 Å². The fraction of sp³-hybridized carbons (Fsp3) is 0.100. The molecule has 0 aliphatic carbocycles. The molecule has 4 heteroatoms. The van der Waals surface area contributed by atoms with E-state index in [4.69, 9.17) is 9.47 Å². The Kier molecular flexibility index (Phi) is 4.87. The quantitative estimate of drug-likeness (QED) is 0.519. The first-order chi connectivity index (χ1) is 11.7. The fourth-order valence-electron chi connectivity index (χ4n) is 2.24. The van der Waals surface area contributed by atoms with Crippen LogP contribution in [0.2, 0.25) is 0 Å². The molecule has 4 nitrogen and oxygen atoms in total. The van der Waals surface area contributed by atoms with E-state index in [9.17, 15) is 4.79 Å². The second kappa shape index (κ2) is 7.42. The molecule has 0 atom stereocenters. The summed E-state index contributed by atoms with van der Waals surface area (Å²) in [6.45, 7) is 1.98. The zero-order chi connectivity index (χ0) is 16.8. The van der Waals surface area contributed by atoms with E-state index in [1.165, 1.54) is 0 Å². The summed E-state index contributed by atoms with van der Waals surface area (Å²) in [5, 5.41) is 0. The number of hydrogen-bond acceptors (Lipinski definition) is 4. The van der Waals surface area contributed by atoms with E-state index >= 15 is 0 Å². The van der Waals surface area contributed by atoms with Gasteiger partial charge in [0.05, 0.1) is 6.42 Å². The van der Waals surface area contributed by atoms with E-state index in [2.05, 4.69) is 4.98 Å². The number of carbonyl (C=O) groups excluding carboxylic acids is 1. The van der Waals surface area contributed by atoms with Gasteiger partial charge in [-0.15, -0.1) is 0 Å². The van der Waals surface area contributed by atoms with Crippen molar-refractivity contribution >= 4 is 5.97 Å². The molecule has 0 bridgehead atoms. The molecule has 3 rings (SSSR count). The van der Waals surface area contributed by atoms with Crippen molar-refractivity contribution in [1.82, 2.24) is 4.98 Å². The summed E-state index contributed by atoms with van der Waals surface area (Å²) in [5.74, 6) is 1.35. The summed E-state index contributed by atoms with van der Waals surface area (Å²) in [6.07, 6.45) is 1.91. The maximum atomic E-state index is 12.0. The molecule has 0 saturated heterocycles. The van der Waals surface area contributed by atoms with E-state index in [0.29, 0.717) is 17.4 Å². The van der Waals surface area contributed by atoms with E-state index in [-0.39, 0.29) is 12.4 Å². The number of ether oxygens (including phenoxy) is 2. The van der Waals surface area contributed by atoms with Gasteiger partial charge in [0.2, 0.25) is 5.88 Å². The van der Waals surface area contributed by atoms with Gasteiger partial charge in [0.1, 0.15) is 11.5 Å². The highest BCUT2D eigenvalue weighted by atomic mass is 16.5. The standard InChI is InChI=1S/C20H17NO3/c1-15-6-2-3-7-16(15)14-20(22)24-18-11-9-17(10-12-18)23-19-8-4-5-13-21-19/h2-13H,14H2,1H3. The van der Waals surface area contributed by atoms with Crippen molar-refractivity contribution in [1.29, 1.82) is 0 Å². The van der Waals surface area contributed by atoms with Crippen LogP contribution in [0.3, 0.4) is 0 Å². The number of aromatic nitrogens is 1. The molecular formula is C20H17NO3. The first-order valence-electron chi connectivity index (χ1n) is 7.65. The number of carbonyl (C=O) groups is 1. The average molecular weight is 319 g/mol. The number of esters is 1. The van der Waals surface area contributed by atoms with Crippen LogP contribution in [0.15, 0.2) is 72.9 Å². The third-order valence-electron chi connectivity index (χ3n) is 3.51. The molecule has 0 aliphatic heterocycles. The van der Waals surface area contributed by atoms with Crippen LogP contribution in [0.25, 0.3) is 0 Å². The third-order valence-corrected chi connectivity index (χ3v) is 3.51. The third kappa shape index (κ3) is 4.20. The molecule has 0 spiro atoms. The molecule has 0 amide bonds. The topological polar surface area (TPSA) is 48.4 Å². The fourth-order valence-corrected chi connectivity index (χ4v) is 2.24. The van der Waals surface area contributed by atoms with E-state index < -0.39 is 0 Å². The van der Waals surface area contributed by atoms with E-state index in [0.717, 1.165) is 11.1 Å². The highest BCUT2D eigenvalue weighted by molar-refractivity contribution is 5.75. The van der Waals surface area contributed by atoms with Gasteiger partial charge >= 0.3 is 5.97 Å². The second-order valence-electron chi connectivity index (χ2n) is 5.32. The van der Waals surface area contributed by atoms with Gasteiger partial charge in [0, 0.05) is 12.3 Å². The molecule has 3 aromatic rings. The van der Waals surface area contributed by atoms with Crippen molar-refractivity contribution in [2.75, 3.05) is 0 Å². The number of rotatable bonds is 5. The monoisotopic (exact) mass is 319 g/mol. The number of benzene rings is 2. The zero-order valence-electron chi connectivity index (χ0n) is 13.3. The van der Waals surface area contributed by atoms with Gasteiger partial charge < -0.3 is 9.47 Å². The minimum atomic E-state index is -0.289. The van der Waals surface area contributed by atoms with Crippen LogP contribution in [0.4, 0.5) is 0 Å². The summed E-state index contributed by atoms with van der Waals surface area (Å²) in [7, 11) is 0. The highest BCUT2D eigenvalue weighted by Gasteiger charge is 2.08. The Labute approximate surface area is 140 Å². The lowest BCUT2D eigenvalue weighted by molar-refractivity contribution is -0.133. The molecule has 0 saturated carbocycles. The maximum absolute atomic E-state index is 12.0. The van der Waals surface area contributed by atoms with Crippen molar-refractivity contribution in [3.63, 3.8) is 0 Å². The lowest BCUT2D eigenvalue weighted by Gasteiger charge is -2.08. The lowest BCUT2D eigenvalue weighted by Crippen LogP contribution is -2.11. The van der Waals surface area contributed by atoms with Gasteiger partial charge in [-0.1, -0.05) is 30.3 Å². The van der Waals surface area contributed by atoms with Gasteiger partial charge in [0.15, 0.2) is 0 Å². The Morgan fingerprint density at radius 2 is 1.62 bits per heavy atom. The Bertz CT molecular complexity index is 814. The zero-order valence-corrected chi connectivity index (χ0v) is 13.3. The number of hydrogen-bond donors (Lipinski definition) is 0. The van der Waals surface area contributed by atoms with Crippen molar-refractivity contribution in [3.05, 3.63) is 84.1 Å². The molecule has 1 aromatic heterocycles. The molecular weight excluding hydrogens is 302 g/mol. The normalized spacial score (nSPS) is 10.2. The molecule has 24 heavy (non-hydrogen) atoms. The largest absolute Gasteiger partial charge is 0.439 e. The van der Waals surface area contributed by atoms with Crippen LogP contribution in [-0.2, 0) is 11.2 Å². The average Bonchev–Trinajstić information content (AvgIpc) is 2.60. The number of aryl methyl sites for hydroxylation is 1. The summed E-state index contributed by atoms with van der Waals surface area (Å²) in [5.41, 5.74) is 2.05. The number of nitrogens with zero attached hydrogens (tertiary/aromatic N) is 1. The molecule has 120 valence electrons. The molecule has 0 radical (unpaired) electrons. The SMILES string of the molecule is Cc1ccccc1CC(=O)Oc1ccc(Oc2ccccn2)cc1. The lowest BCUT2D eigenvalue weighted by atomic mass is 10.1. The highest BCUT2D eigenvalue weighted by Crippen LogP contribution is 2.22. The van der Waals surface area contributed by atoms with Crippen LogP contribution >= 0.6 is 0 Å². The molecule has 0 aliphatic rings. The molecule has 1 heterocycles. The van der Waals surface area contributed by atoms with Crippen molar-refractivity contribution in [3.8, 4) is 17.4 Å². The van der Waals surface area contributed by atoms with Crippen LogP contribution < -0.4 is 9.47 Å². The summed E-state index contributed by atoms with van der Waals surface area (Å²) in [4.78, 5) is 16.1. The minimum Gasteiger partial charge on any atom is -0.439 e. The van der Waals surface area contributed by atoms with Gasteiger partial charge in [0.25, 0.3) is 0 Å². The maximum Gasteiger partial charge on any atom is 0.315 e. The summed E-state index contributed by atoms with van der Waals surface area (Å²) < 4.78 is 11.0. The first-order valence-corrected chi connectivity index (χ1v) is 7.65. The Hall–Kier alpha value is -3.14. The van der Waals surface area contributed by atoms with E-state index in [1.807, 2.05) is 43.3 Å². The van der Waals surface area contributed by atoms with Crippen LogP contribution in [0.1, 0.15) is 11.1 Å². The van der Waals surface area contributed by atoms with Crippen molar-refractivity contribution in [2.24, 2.45) is 0 Å². The first kappa shape index (κ1) is 15.7. The van der Waals surface area contributed by atoms with Gasteiger partial charge in [-0.3, -0.25) is 4.79 Å². The minimum absolute atomic E-state index is 0.249. The molecule has 0 N–H and O–H groups in total. The Morgan fingerprint density at radius 3 is 2.33 bits per heavy atom. The van der Waals surface area contributed by atoms with Crippen LogP contribution in [0.5, 0.6) is 17.4 Å². The summed E-state index contributed by atoms with van der Waals surface area (Å²) in [6, 6.07) is 20.1. The van der Waals surface area contributed by atoms with Crippen LogP contribution in [0, 0.1) is 6.92 Å². The predicted octanol–water partition coefficient (Wildman–Crippen LogP) is 4.33. The number of pyridine rings is 1. The Balaban J connectivity index is 1.60. The van der Waals surface area contributed by atoms with Gasteiger partial charge in [-0.25, -0.2) is 4.98 Å². The van der Waals surface area contributed by atoms with E-state index in [1.54, 1.807) is 36.5 Å². The molecule has 2 aromatic carbocycles. The summed E-state index contributed by atoms with van der Waals surface area (Å²) >= 11 is 0. The van der Waals surface area contributed by atoms with Crippen LogP contribution in [-0.4, -0.2) is 11.0 Å². The van der Waals surface area contributed by atoms with Gasteiger partial charge in [-0.05, 0) is 48.4 Å². The predicted molar refractivity (Wildman–Crippen MR) is 91.3 cm³/mol. The molecule has 0 unspecified atom stereocenters. The molecule has 0 fully saturated rings. The van der Waals surface area contributed by atoms with Gasteiger partial charge in [-0.2, -0.15) is 0 Å². The van der Waals surface area contributed by atoms with Crippen molar-refractivity contribution in [2.45, 2.75) is 13.3 Å².